The lowest BCUT2D eigenvalue weighted by Crippen LogP contribution is -2.36. The molecule has 0 unspecified atom stereocenters. The standard InChI is InChI=1S/C20H29N3O2S/c1-14(11-12-15-7-3-2-4-8-15)21-18(24)10-6-5-9-17-19-16(13-26-17)22-20(25)23-19/h2-4,7-8,14,16-17,19H,5-6,9-13H2,1H3,(H,21,24)(H2,22,23,25)/t14-,16-,17-,19-/m0/s1. The van der Waals surface area contributed by atoms with Crippen molar-refractivity contribution in [1.82, 2.24) is 16.0 Å². The summed E-state index contributed by atoms with van der Waals surface area (Å²) in [6.07, 6.45) is 5.54. The van der Waals surface area contributed by atoms with E-state index in [1.807, 2.05) is 17.8 Å². The van der Waals surface area contributed by atoms with Crippen molar-refractivity contribution in [3.63, 3.8) is 0 Å². The molecule has 2 saturated heterocycles. The Labute approximate surface area is 160 Å². The van der Waals surface area contributed by atoms with Crippen LogP contribution in [0.4, 0.5) is 4.79 Å². The number of benzene rings is 1. The maximum Gasteiger partial charge on any atom is 0.315 e. The van der Waals surface area contributed by atoms with Crippen LogP contribution in [-0.4, -0.2) is 41.1 Å². The molecule has 0 radical (unpaired) electrons. The van der Waals surface area contributed by atoms with Crippen molar-refractivity contribution in [1.29, 1.82) is 0 Å². The highest BCUT2D eigenvalue weighted by Crippen LogP contribution is 2.33. The fourth-order valence-electron chi connectivity index (χ4n) is 3.72. The summed E-state index contributed by atoms with van der Waals surface area (Å²) in [7, 11) is 0. The van der Waals surface area contributed by atoms with Crippen molar-refractivity contribution in [2.24, 2.45) is 0 Å². The number of carbonyl (C=O) groups excluding carboxylic acids is 2. The van der Waals surface area contributed by atoms with Gasteiger partial charge in [0.25, 0.3) is 0 Å². The normalized spacial score (nSPS) is 25.3. The third kappa shape index (κ3) is 5.40. The van der Waals surface area contributed by atoms with Gasteiger partial charge in [0.2, 0.25) is 5.91 Å². The maximum atomic E-state index is 12.1. The highest BCUT2D eigenvalue weighted by molar-refractivity contribution is 8.00. The van der Waals surface area contributed by atoms with E-state index in [0.717, 1.165) is 37.9 Å². The van der Waals surface area contributed by atoms with Crippen LogP contribution in [0.5, 0.6) is 0 Å². The number of hydrogen-bond acceptors (Lipinski definition) is 3. The summed E-state index contributed by atoms with van der Waals surface area (Å²) >= 11 is 1.93. The van der Waals surface area contributed by atoms with E-state index in [0.29, 0.717) is 11.7 Å². The molecule has 3 N–H and O–H groups in total. The molecular weight excluding hydrogens is 346 g/mol. The van der Waals surface area contributed by atoms with Crippen molar-refractivity contribution in [2.75, 3.05) is 5.75 Å². The van der Waals surface area contributed by atoms with Crippen LogP contribution in [-0.2, 0) is 11.2 Å². The maximum absolute atomic E-state index is 12.1. The van der Waals surface area contributed by atoms with Crippen LogP contribution in [0.3, 0.4) is 0 Å². The molecule has 1 aromatic carbocycles. The zero-order chi connectivity index (χ0) is 18.4. The van der Waals surface area contributed by atoms with Crippen molar-refractivity contribution in [2.45, 2.75) is 68.8 Å². The molecule has 3 amide bonds. The van der Waals surface area contributed by atoms with Gasteiger partial charge in [-0.25, -0.2) is 4.79 Å². The Balaban J connectivity index is 1.26. The number of amides is 3. The highest BCUT2D eigenvalue weighted by Gasteiger charge is 2.42. The summed E-state index contributed by atoms with van der Waals surface area (Å²) in [6.45, 7) is 2.08. The van der Waals surface area contributed by atoms with E-state index in [-0.39, 0.29) is 30.1 Å². The first-order valence-electron chi connectivity index (χ1n) is 9.64. The average molecular weight is 376 g/mol. The molecule has 26 heavy (non-hydrogen) atoms. The summed E-state index contributed by atoms with van der Waals surface area (Å²) in [6, 6.07) is 11.1. The molecule has 0 spiro atoms. The van der Waals surface area contributed by atoms with Crippen molar-refractivity contribution < 1.29 is 9.59 Å². The van der Waals surface area contributed by atoms with Gasteiger partial charge in [0.05, 0.1) is 12.1 Å². The SMILES string of the molecule is C[C@@H](CCc1ccccc1)NC(=O)CCCC[C@@H]1SC[C@@H]2NC(=O)N[C@@H]21. The minimum absolute atomic E-state index is 0.0332. The smallest absolute Gasteiger partial charge is 0.315 e. The van der Waals surface area contributed by atoms with Gasteiger partial charge in [-0.15, -0.1) is 0 Å². The average Bonchev–Trinajstić information content (AvgIpc) is 3.17. The summed E-state index contributed by atoms with van der Waals surface area (Å²) in [5.41, 5.74) is 1.31. The largest absolute Gasteiger partial charge is 0.354 e. The second kappa shape index (κ2) is 9.31. The Morgan fingerprint density at radius 3 is 2.88 bits per heavy atom. The molecule has 4 atom stereocenters. The third-order valence-electron chi connectivity index (χ3n) is 5.20. The first-order chi connectivity index (χ1) is 12.6. The van der Waals surface area contributed by atoms with E-state index in [1.165, 1.54) is 5.56 Å². The van der Waals surface area contributed by atoms with Crippen molar-refractivity contribution in [3.8, 4) is 0 Å². The number of rotatable bonds is 9. The topological polar surface area (TPSA) is 70.2 Å². The van der Waals surface area contributed by atoms with Gasteiger partial charge in [-0.05, 0) is 38.2 Å². The van der Waals surface area contributed by atoms with Crippen LogP contribution in [0.15, 0.2) is 30.3 Å². The Morgan fingerprint density at radius 1 is 1.27 bits per heavy atom. The lowest BCUT2D eigenvalue weighted by molar-refractivity contribution is -0.121. The molecule has 2 aliphatic rings. The van der Waals surface area contributed by atoms with Gasteiger partial charge >= 0.3 is 6.03 Å². The molecule has 0 saturated carbocycles. The number of carbonyl (C=O) groups is 2. The number of thioether (sulfide) groups is 1. The van der Waals surface area contributed by atoms with Gasteiger partial charge in [0.15, 0.2) is 0 Å². The van der Waals surface area contributed by atoms with Gasteiger partial charge in [0.1, 0.15) is 0 Å². The van der Waals surface area contributed by atoms with Crippen LogP contribution in [0, 0.1) is 0 Å². The first-order valence-corrected chi connectivity index (χ1v) is 10.7. The number of urea groups is 1. The number of unbranched alkanes of at least 4 members (excludes halogenated alkanes) is 1. The summed E-state index contributed by atoms with van der Waals surface area (Å²) < 4.78 is 0. The zero-order valence-corrected chi connectivity index (χ0v) is 16.2. The van der Waals surface area contributed by atoms with Gasteiger partial charge in [0, 0.05) is 23.5 Å². The van der Waals surface area contributed by atoms with Gasteiger partial charge < -0.3 is 16.0 Å². The predicted molar refractivity (Wildman–Crippen MR) is 106 cm³/mol. The van der Waals surface area contributed by atoms with Crippen LogP contribution < -0.4 is 16.0 Å². The van der Waals surface area contributed by atoms with Crippen LogP contribution in [0.2, 0.25) is 0 Å². The second-order valence-electron chi connectivity index (χ2n) is 7.36. The quantitative estimate of drug-likeness (QED) is 0.459. The van der Waals surface area contributed by atoms with Crippen molar-refractivity contribution in [3.05, 3.63) is 35.9 Å². The molecule has 2 aliphatic heterocycles. The van der Waals surface area contributed by atoms with E-state index >= 15 is 0 Å². The molecule has 0 bridgehead atoms. The Morgan fingerprint density at radius 2 is 2.08 bits per heavy atom. The fourth-order valence-corrected chi connectivity index (χ4v) is 5.26. The summed E-state index contributed by atoms with van der Waals surface area (Å²) in [5.74, 6) is 1.14. The Kier molecular flexibility index (Phi) is 6.83. The van der Waals surface area contributed by atoms with E-state index in [2.05, 4.69) is 47.1 Å². The molecule has 6 heteroatoms. The molecule has 2 heterocycles. The lowest BCUT2D eigenvalue weighted by atomic mass is 10.0. The molecular formula is C20H29N3O2S. The number of hydrogen-bond donors (Lipinski definition) is 3. The second-order valence-corrected chi connectivity index (χ2v) is 8.63. The predicted octanol–water partition coefficient (Wildman–Crippen LogP) is 2.85. The van der Waals surface area contributed by atoms with E-state index in [1.54, 1.807) is 0 Å². The molecule has 142 valence electrons. The Hall–Kier alpha value is -1.69. The van der Waals surface area contributed by atoms with Crippen LogP contribution in [0.1, 0.15) is 44.6 Å². The molecule has 5 nitrogen and oxygen atoms in total. The van der Waals surface area contributed by atoms with Crippen LogP contribution in [0.25, 0.3) is 0 Å². The zero-order valence-electron chi connectivity index (χ0n) is 15.4. The fraction of sp³-hybridized carbons (Fsp3) is 0.600. The Bertz CT molecular complexity index is 610. The lowest BCUT2D eigenvalue weighted by Gasteiger charge is -2.17. The van der Waals surface area contributed by atoms with Gasteiger partial charge in [-0.1, -0.05) is 36.8 Å². The highest BCUT2D eigenvalue weighted by atomic mass is 32.2. The first kappa shape index (κ1) is 19.1. The van der Waals surface area contributed by atoms with E-state index in [9.17, 15) is 9.59 Å². The third-order valence-corrected chi connectivity index (χ3v) is 6.71. The minimum atomic E-state index is -0.0332. The molecule has 0 aliphatic carbocycles. The molecule has 1 aromatic rings. The number of aryl methyl sites for hydroxylation is 1. The number of nitrogens with one attached hydrogen (secondary N) is 3. The summed E-state index contributed by atoms with van der Waals surface area (Å²) in [4.78, 5) is 23.5. The molecule has 2 fully saturated rings. The van der Waals surface area contributed by atoms with Crippen molar-refractivity contribution >= 4 is 23.7 Å². The van der Waals surface area contributed by atoms with E-state index < -0.39 is 0 Å². The summed E-state index contributed by atoms with van der Waals surface area (Å²) in [5, 5.41) is 9.57. The van der Waals surface area contributed by atoms with E-state index in [4.69, 9.17) is 0 Å². The van der Waals surface area contributed by atoms with Gasteiger partial charge in [-0.2, -0.15) is 11.8 Å². The molecule has 0 aromatic heterocycles. The monoisotopic (exact) mass is 375 g/mol. The molecule has 3 rings (SSSR count). The van der Waals surface area contributed by atoms with Crippen LogP contribution >= 0.6 is 11.8 Å². The number of fused-ring (bicyclic) bond motifs is 1. The van der Waals surface area contributed by atoms with Gasteiger partial charge in [-0.3, -0.25) is 4.79 Å². The minimum Gasteiger partial charge on any atom is -0.354 e.